The van der Waals surface area contributed by atoms with E-state index in [0.29, 0.717) is 24.8 Å². The lowest BCUT2D eigenvalue weighted by atomic mass is 10.2. The summed E-state index contributed by atoms with van der Waals surface area (Å²) in [6.45, 7) is 4.34. The van der Waals surface area contributed by atoms with Gasteiger partial charge in [0.05, 0.1) is 13.1 Å². The molecule has 1 saturated heterocycles. The minimum absolute atomic E-state index is 0.164. The minimum atomic E-state index is 0.164. The zero-order valence-electron chi connectivity index (χ0n) is 10.8. The Kier molecular flexibility index (Phi) is 4.69. The van der Waals surface area contributed by atoms with Gasteiger partial charge < -0.3 is 14.7 Å². The van der Waals surface area contributed by atoms with Crippen molar-refractivity contribution in [3.63, 3.8) is 0 Å². The fourth-order valence-electron chi connectivity index (χ4n) is 2.13. The number of rotatable bonds is 4. The van der Waals surface area contributed by atoms with Crippen LogP contribution in [0, 0.1) is 6.92 Å². The number of aromatic nitrogens is 2. The second-order valence-electron chi connectivity index (χ2n) is 4.63. The zero-order valence-corrected chi connectivity index (χ0v) is 10.8. The number of hydrogen-bond acceptors (Lipinski definition) is 5. The Morgan fingerprint density at radius 2 is 2.06 bits per heavy atom. The number of carbonyl (C=O) groups excluding carboxylic acids is 1. The summed E-state index contributed by atoms with van der Waals surface area (Å²) in [6.07, 6.45) is 4.71. The summed E-state index contributed by atoms with van der Waals surface area (Å²) in [5.74, 6) is 1.30. The molecule has 1 aromatic heterocycles. The van der Waals surface area contributed by atoms with E-state index in [0.717, 1.165) is 25.9 Å². The van der Waals surface area contributed by atoms with Gasteiger partial charge in [-0.2, -0.15) is 4.98 Å². The van der Waals surface area contributed by atoms with Gasteiger partial charge in [0.15, 0.2) is 5.82 Å². The first-order chi connectivity index (χ1) is 8.75. The number of hydrogen-bond donors (Lipinski definition) is 1. The van der Waals surface area contributed by atoms with E-state index in [1.165, 1.54) is 12.8 Å². The van der Waals surface area contributed by atoms with Crippen LogP contribution in [0.5, 0.6) is 0 Å². The second kappa shape index (κ2) is 6.49. The fourth-order valence-corrected chi connectivity index (χ4v) is 2.13. The van der Waals surface area contributed by atoms with E-state index < -0.39 is 0 Å². The highest BCUT2D eigenvalue weighted by molar-refractivity contribution is 5.78. The van der Waals surface area contributed by atoms with Crippen LogP contribution in [0.25, 0.3) is 0 Å². The average Bonchev–Trinajstić information content (AvgIpc) is 2.63. The molecule has 1 amide bonds. The molecule has 0 radical (unpaired) electrons. The van der Waals surface area contributed by atoms with Crippen molar-refractivity contribution in [1.29, 1.82) is 0 Å². The molecule has 6 nitrogen and oxygen atoms in total. The van der Waals surface area contributed by atoms with Gasteiger partial charge in [0.25, 0.3) is 0 Å². The summed E-state index contributed by atoms with van der Waals surface area (Å²) in [5, 5.41) is 6.82. The van der Waals surface area contributed by atoms with Crippen LogP contribution >= 0.6 is 0 Å². The van der Waals surface area contributed by atoms with Gasteiger partial charge in [-0.25, -0.2) is 0 Å². The van der Waals surface area contributed by atoms with E-state index in [9.17, 15) is 4.79 Å². The van der Waals surface area contributed by atoms with Gasteiger partial charge in [0, 0.05) is 20.0 Å². The van der Waals surface area contributed by atoms with Gasteiger partial charge in [-0.15, -0.1) is 0 Å². The topological polar surface area (TPSA) is 71.3 Å². The molecule has 0 atom stereocenters. The van der Waals surface area contributed by atoms with Gasteiger partial charge >= 0.3 is 0 Å². The van der Waals surface area contributed by atoms with E-state index in [1.54, 1.807) is 6.92 Å². The summed E-state index contributed by atoms with van der Waals surface area (Å²) in [6, 6.07) is 0. The standard InChI is InChI=1S/C12H20N4O2/c1-10-14-11(15-18-10)8-13-9-12(17)16-6-4-2-3-5-7-16/h13H,2-9H2,1H3. The Labute approximate surface area is 107 Å². The summed E-state index contributed by atoms with van der Waals surface area (Å²) in [7, 11) is 0. The Balaban J connectivity index is 1.70. The molecule has 0 bridgehead atoms. The van der Waals surface area contributed by atoms with Gasteiger partial charge in [0.1, 0.15) is 0 Å². The summed E-state index contributed by atoms with van der Waals surface area (Å²) in [5.41, 5.74) is 0. The van der Waals surface area contributed by atoms with Crippen LogP contribution in [0.2, 0.25) is 0 Å². The largest absolute Gasteiger partial charge is 0.342 e. The predicted octanol–water partition coefficient (Wildman–Crippen LogP) is 0.870. The Hall–Kier alpha value is -1.43. The van der Waals surface area contributed by atoms with Crippen molar-refractivity contribution in [2.75, 3.05) is 19.6 Å². The third-order valence-corrected chi connectivity index (χ3v) is 3.09. The fraction of sp³-hybridized carbons (Fsp3) is 0.750. The van der Waals surface area contributed by atoms with E-state index in [2.05, 4.69) is 15.5 Å². The second-order valence-corrected chi connectivity index (χ2v) is 4.63. The quantitative estimate of drug-likeness (QED) is 0.861. The van der Waals surface area contributed by atoms with E-state index >= 15 is 0 Å². The van der Waals surface area contributed by atoms with Crippen molar-refractivity contribution in [2.45, 2.75) is 39.2 Å². The maximum absolute atomic E-state index is 11.9. The van der Waals surface area contributed by atoms with E-state index in [4.69, 9.17) is 4.52 Å². The van der Waals surface area contributed by atoms with Crippen molar-refractivity contribution in [3.8, 4) is 0 Å². The molecule has 2 rings (SSSR count). The summed E-state index contributed by atoms with van der Waals surface area (Å²) in [4.78, 5) is 18.0. The Morgan fingerprint density at radius 1 is 1.33 bits per heavy atom. The van der Waals surface area contributed by atoms with Gasteiger partial charge in [-0.3, -0.25) is 4.79 Å². The molecular formula is C12H20N4O2. The molecule has 6 heteroatoms. The summed E-state index contributed by atoms with van der Waals surface area (Å²) < 4.78 is 4.86. The molecule has 1 fully saturated rings. The molecule has 18 heavy (non-hydrogen) atoms. The SMILES string of the molecule is Cc1nc(CNCC(=O)N2CCCCCC2)no1. The first kappa shape index (κ1) is 13.0. The van der Waals surface area contributed by atoms with Crippen molar-refractivity contribution >= 4 is 5.91 Å². The lowest BCUT2D eigenvalue weighted by Gasteiger charge is -2.20. The van der Waals surface area contributed by atoms with Crippen LogP contribution in [-0.2, 0) is 11.3 Å². The highest BCUT2D eigenvalue weighted by Gasteiger charge is 2.15. The molecular weight excluding hydrogens is 232 g/mol. The third-order valence-electron chi connectivity index (χ3n) is 3.09. The van der Waals surface area contributed by atoms with Gasteiger partial charge in [-0.1, -0.05) is 18.0 Å². The molecule has 1 aromatic rings. The van der Waals surface area contributed by atoms with Crippen LogP contribution < -0.4 is 5.32 Å². The predicted molar refractivity (Wildman–Crippen MR) is 65.8 cm³/mol. The van der Waals surface area contributed by atoms with Gasteiger partial charge in [0.2, 0.25) is 11.8 Å². The number of aryl methyl sites for hydroxylation is 1. The molecule has 1 aliphatic rings. The number of nitrogens with one attached hydrogen (secondary N) is 1. The smallest absolute Gasteiger partial charge is 0.236 e. The van der Waals surface area contributed by atoms with E-state index in [1.807, 2.05) is 4.90 Å². The lowest BCUT2D eigenvalue weighted by molar-refractivity contribution is -0.130. The average molecular weight is 252 g/mol. The zero-order chi connectivity index (χ0) is 12.8. The molecule has 0 unspecified atom stereocenters. The molecule has 2 heterocycles. The van der Waals surface area contributed by atoms with Gasteiger partial charge in [-0.05, 0) is 12.8 Å². The Morgan fingerprint density at radius 3 is 2.67 bits per heavy atom. The summed E-state index contributed by atoms with van der Waals surface area (Å²) >= 11 is 0. The molecule has 0 spiro atoms. The van der Waals surface area contributed by atoms with Crippen LogP contribution in [0.1, 0.15) is 37.4 Å². The molecule has 1 aliphatic heterocycles. The number of amides is 1. The first-order valence-electron chi connectivity index (χ1n) is 6.53. The lowest BCUT2D eigenvalue weighted by Crippen LogP contribution is -2.38. The molecule has 0 saturated carbocycles. The van der Waals surface area contributed by atoms with Crippen molar-refractivity contribution in [3.05, 3.63) is 11.7 Å². The number of likely N-dealkylation sites (tertiary alicyclic amines) is 1. The van der Waals surface area contributed by atoms with Crippen LogP contribution in [0.15, 0.2) is 4.52 Å². The highest BCUT2D eigenvalue weighted by atomic mass is 16.5. The van der Waals surface area contributed by atoms with Crippen molar-refractivity contribution in [2.24, 2.45) is 0 Å². The van der Waals surface area contributed by atoms with Crippen molar-refractivity contribution < 1.29 is 9.32 Å². The van der Waals surface area contributed by atoms with Crippen LogP contribution in [0.4, 0.5) is 0 Å². The van der Waals surface area contributed by atoms with Crippen LogP contribution in [-0.4, -0.2) is 40.6 Å². The molecule has 0 aliphatic carbocycles. The highest BCUT2D eigenvalue weighted by Crippen LogP contribution is 2.09. The normalized spacial score (nSPS) is 16.6. The Bertz CT molecular complexity index is 383. The number of nitrogens with zero attached hydrogens (tertiary/aromatic N) is 3. The molecule has 0 aromatic carbocycles. The maximum atomic E-state index is 11.9. The third kappa shape index (κ3) is 3.80. The van der Waals surface area contributed by atoms with E-state index in [-0.39, 0.29) is 5.91 Å². The molecule has 1 N–H and O–H groups in total. The first-order valence-corrected chi connectivity index (χ1v) is 6.53. The number of carbonyl (C=O) groups is 1. The maximum Gasteiger partial charge on any atom is 0.236 e. The monoisotopic (exact) mass is 252 g/mol. The minimum Gasteiger partial charge on any atom is -0.342 e. The molecule has 100 valence electrons. The van der Waals surface area contributed by atoms with Crippen LogP contribution in [0.3, 0.4) is 0 Å². The van der Waals surface area contributed by atoms with Crippen molar-refractivity contribution in [1.82, 2.24) is 20.4 Å².